The van der Waals surface area contributed by atoms with E-state index < -0.39 is 0 Å². The van der Waals surface area contributed by atoms with Gasteiger partial charge in [0.15, 0.2) is 0 Å². The van der Waals surface area contributed by atoms with Crippen LogP contribution in [0.3, 0.4) is 0 Å². The van der Waals surface area contributed by atoms with Crippen LogP contribution in [0.2, 0.25) is 0 Å². The van der Waals surface area contributed by atoms with E-state index in [1.807, 2.05) is 4.90 Å². The quantitative estimate of drug-likeness (QED) is 0.854. The lowest BCUT2D eigenvalue weighted by molar-refractivity contribution is 0.0617. The van der Waals surface area contributed by atoms with Gasteiger partial charge in [0.05, 0.1) is 0 Å². The molecule has 5 heteroatoms. The Balaban J connectivity index is 1.78. The third-order valence-electron chi connectivity index (χ3n) is 4.08. The lowest BCUT2D eigenvalue weighted by Crippen LogP contribution is -2.42. The Kier molecular flexibility index (Phi) is 3.96. The molecule has 0 aliphatic carbocycles. The number of amides is 1. The van der Waals surface area contributed by atoms with Gasteiger partial charge in [-0.2, -0.15) is 0 Å². The van der Waals surface area contributed by atoms with Crippen molar-refractivity contribution in [1.29, 1.82) is 0 Å². The van der Waals surface area contributed by atoms with Crippen molar-refractivity contribution in [3.63, 3.8) is 0 Å². The fourth-order valence-electron chi connectivity index (χ4n) is 3.18. The summed E-state index contributed by atoms with van der Waals surface area (Å²) in [7, 11) is 0. The molecule has 0 bridgehead atoms. The van der Waals surface area contributed by atoms with Crippen LogP contribution in [-0.4, -0.2) is 33.4 Å². The Hall–Kier alpha value is -2.17. The van der Waals surface area contributed by atoms with Gasteiger partial charge >= 0.3 is 0 Å². The molecule has 2 aromatic rings. The van der Waals surface area contributed by atoms with Gasteiger partial charge in [-0.15, -0.1) is 0 Å². The molecule has 4 nitrogen and oxygen atoms in total. The lowest BCUT2D eigenvalue weighted by atomic mass is 9.92. The fraction of sp³-hybridized carbons (Fsp3) is 0.412. The monoisotopic (exact) mass is 301 g/mol. The zero-order chi connectivity index (χ0) is 15.7. The number of piperidine rings is 1. The van der Waals surface area contributed by atoms with Gasteiger partial charge in [-0.1, -0.05) is 13.8 Å². The van der Waals surface area contributed by atoms with Crippen LogP contribution >= 0.6 is 0 Å². The average molecular weight is 301 g/mol. The Morgan fingerprint density at radius 3 is 2.45 bits per heavy atom. The summed E-state index contributed by atoms with van der Waals surface area (Å²) < 4.78 is 14.7. The topological polar surface area (TPSA) is 38.1 Å². The smallest absolute Gasteiger partial charge is 0.274 e. The van der Waals surface area contributed by atoms with E-state index in [2.05, 4.69) is 18.8 Å². The van der Waals surface area contributed by atoms with Crippen LogP contribution in [0.1, 0.15) is 30.8 Å². The average Bonchev–Trinajstić information content (AvgIpc) is 2.96. The van der Waals surface area contributed by atoms with E-state index in [0.29, 0.717) is 17.5 Å². The van der Waals surface area contributed by atoms with Crippen LogP contribution < -0.4 is 0 Å². The molecule has 0 radical (unpaired) electrons. The molecule has 0 spiro atoms. The Morgan fingerprint density at radius 1 is 1.18 bits per heavy atom. The number of imidazole rings is 1. The number of carbonyl (C=O) groups is 1. The number of rotatable bonds is 2. The minimum atomic E-state index is -0.281. The maximum atomic E-state index is 13.0. The number of aromatic nitrogens is 2. The van der Waals surface area contributed by atoms with Gasteiger partial charge in [0, 0.05) is 25.0 Å². The number of benzene rings is 1. The number of likely N-dealkylation sites (tertiary alicyclic amines) is 1. The van der Waals surface area contributed by atoms with Gasteiger partial charge in [0.25, 0.3) is 5.91 Å². The molecule has 1 saturated heterocycles. The number of nitrogens with zero attached hydrogens (tertiary/aromatic N) is 3. The van der Waals surface area contributed by atoms with Crippen LogP contribution in [0.25, 0.3) is 5.69 Å². The molecule has 1 aliphatic heterocycles. The second kappa shape index (κ2) is 5.91. The molecule has 1 aromatic carbocycles. The number of hydrogen-bond donors (Lipinski definition) is 0. The summed E-state index contributed by atoms with van der Waals surface area (Å²) in [5.41, 5.74) is 1.22. The predicted octanol–water partition coefficient (Wildman–Crippen LogP) is 3.13. The van der Waals surface area contributed by atoms with Crippen molar-refractivity contribution in [3.05, 3.63) is 48.3 Å². The summed E-state index contributed by atoms with van der Waals surface area (Å²) >= 11 is 0. The van der Waals surface area contributed by atoms with E-state index >= 15 is 0 Å². The molecule has 116 valence electrons. The second-order valence-electron chi connectivity index (χ2n) is 6.30. The largest absolute Gasteiger partial charge is 0.337 e. The van der Waals surface area contributed by atoms with E-state index in [1.54, 1.807) is 29.2 Å². The van der Waals surface area contributed by atoms with Crippen molar-refractivity contribution in [2.24, 2.45) is 11.8 Å². The molecule has 1 amide bonds. The maximum absolute atomic E-state index is 13.0. The van der Waals surface area contributed by atoms with Crippen molar-refractivity contribution in [2.45, 2.75) is 20.3 Å². The molecule has 1 fully saturated rings. The zero-order valence-electron chi connectivity index (χ0n) is 12.9. The van der Waals surface area contributed by atoms with Gasteiger partial charge < -0.3 is 9.47 Å². The fourth-order valence-corrected chi connectivity index (χ4v) is 3.18. The molecule has 22 heavy (non-hydrogen) atoms. The van der Waals surface area contributed by atoms with Crippen molar-refractivity contribution in [3.8, 4) is 5.69 Å². The van der Waals surface area contributed by atoms with Gasteiger partial charge in [0.1, 0.15) is 17.8 Å². The molecule has 3 rings (SSSR count). The van der Waals surface area contributed by atoms with Crippen molar-refractivity contribution < 1.29 is 9.18 Å². The van der Waals surface area contributed by atoms with Crippen LogP contribution in [0, 0.1) is 17.7 Å². The molecular formula is C17H20FN3O. The first-order valence-corrected chi connectivity index (χ1v) is 7.62. The van der Waals surface area contributed by atoms with Crippen LogP contribution in [-0.2, 0) is 0 Å². The SMILES string of the molecule is C[C@H]1C[C@H](C)CN(C(=O)c2cn(-c3ccc(F)cc3)cn2)C1. The summed E-state index contributed by atoms with van der Waals surface area (Å²) in [5, 5.41) is 0. The van der Waals surface area contributed by atoms with Crippen LogP contribution in [0.5, 0.6) is 0 Å². The Morgan fingerprint density at radius 2 is 1.82 bits per heavy atom. The summed E-state index contributed by atoms with van der Waals surface area (Å²) in [6.45, 7) is 5.92. The van der Waals surface area contributed by atoms with E-state index in [0.717, 1.165) is 25.2 Å². The Bertz CT molecular complexity index is 655. The minimum absolute atomic E-state index is 0.0285. The van der Waals surface area contributed by atoms with E-state index in [9.17, 15) is 9.18 Å². The minimum Gasteiger partial charge on any atom is -0.337 e. The summed E-state index contributed by atoms with van der Waals surface area (Å²) in [6, 6.07) is 6.11. The normalized spacial score (nSPS) is 21.9. The van der Waals surface area contributed by atoms with E-state index in [-0.39, 0.29) is 11.7 Å². The second-order valence-corrected chi connectivity index (χ2v) is 6.30. The first-order chi connectivity index (χ1) is 10.5. The first kappa shape index (κ1) is 14.8. The molecular weight excluding hydrogens is 281 g/mol. The summed E-state index contributed by atoms with van der Waals surface area (Å²) in [6.07, 6.45) is 4.46. The lowest BCUT2D eigenvalue weighted by Gasteiger charge is -2.34. The van der Waals surface area contributed by atoms with Gasteiger partial charge in [-0.3, -0.25) is 4.79 Å². The van der Waals surface area contributed by atoms with E-state index in [4.69, 9.17) is 0 Å². The Labute approximate surface area is 129 Å². The molecule has 0 N–H and O–H groups in total. The molecule has 0 unspecified atom stereocenters. The highest BCUT2D eigenvalue weighted by Crippen LogP contribution is 2.22. The van der Waals surface area contributed by atoms with Gasteiger partial charge in [0.2, 0.25) is 0 Å². The third kappa shape index (κ3) is 3.03. The van der Waals surface area contributed by atoms with E-state index in [1.165, 1.54) is 12.1 Å². The first-order valence-electron chi connectivity index (χ1n) is 7.62. The number of hydrogen-bond acceptors (Lipinski definition) is 2. The van der Waals surface area contributed by atoms with Gasteiger partial charge in [-0.25, -0.2) is 9.37 Å². The maximum Gasteiger partial charge on any atom is 0.274 e. The van der Waals surface area contributed by atoms with Crippen LogP contribution in [0.15, 0.2) is 36.8 Å². The van der Waals surface area contributed by atoms with Crippen LogP contribution in [0.4, 0.5) is 4.39 Å². The number of carbonyl (C=O) groups excluding carboxylic acids is 1. The highest BCUT2D eigenvalue weighted by molar-refractivity contribution is 5.92. The highest BCUT2D eigenvalue weighted by atomic mass is 19.1. The summed E-state index contributed by atoms with van der Waals surface area (Å²) in [5.74, 6) is 0.731. The predicted molar refractivity (Wildman–Crippen MR) is 82.4 cm³/mol. The molecule has 2 heterocycles. The molecule has 1 aromatic heterocycles. The highest BCUT2D eigenvalue weighted by Gasteiger charge is 2.27. The van der Waals surface area contributed by atoms with Crippen molar-refractivity contribution >= 4 is 5.91 Å². The third-order valence-corrected chi connectivity index (χ3v) is 4.08. The van der Waals surface area contributed by atoms with Crippen molar-refractivity contribution in [2.75, 3.05) is 13.1 Å². The molecule has 2 atom stereocenters. The molecule has 0 saturated carbocycles. The number of halogens is 1. The summed E-state index contributed by atoms with van der Waals surface area (Å²) in [4.78, 5) is 18.7. The van der Waals surface area contributed by atoms with Crippen molar-refractivity contribution in [1.82, 2.24) is 14.5 Å². The standard InChI is InChI=1S/C17H20FN3O/c1-12-7-13(2)9-20(8-12)17(22)16-10-21(11-19-16)15-5-3-14(18)4-6-15/h3-6,10-13H,7-9H2,1-2H3/t12-,13-/m0/s1. The molecule has 1 aliphatic rings. The van der Waals surface area contributed by atoms with Gasteiger partial charge in [-0.05, 0) is 42.5 Å². The zero-order valence-corrected chi connectivity index (χ0v) is 12.9.